The van der Waals surface area contributed by atoms with Gasteiger partial charge in [-0.05, 0) is 42.8 Å². The molecule has 1 aromatic heterocycles. The van der Waals surface area contributed by atoms with Crippen LogP contribution in [0.1, 0.15) is 5.56 Å². The molecule has 0 fully saturated rings. The predicted octanol–water partition coefficient (Wildman–Crippen LogP) is 2.11. The van der Waals surface area contributed by atoms with E-state index in [1.54, 1.807) is 25.1 Å². The third-order valence-electron chi connectivity index (χ3n) is 3.35. The lowest BCUT2D eigenvalue weighted by Gasteiger charge is -2.07. The second kappa shape index (κ2) is 4.89. The maximum Gasteiger partial charge on any atom is 0.340 e. The molecule has 1 heterocycles. The maximum absolute atomic E-state index is 12.7. The van der Waals surface area contributed by atoms with Crippen molar-refractivity contribution < 1.29 is 8.42 Å². The van der Waals surface area contributed by atoms with E-state index in [0.29, 0.717) is 20.2 Å². The second-order valence-corrected chi connectivity index (χ2v) is 7.08. The molecule has 8 heteroatoms. The van der Waals surface area contributed by atoms with E-state index >= 15 is 0 Å². The number of benzene rings is 2. The summed E-state index contributed by atoms with van der Waals surface area (Å²) >= 11 is 5.98. The Kier molecular flexibility index (Phi) is 3.26. The molecule has 0 saturated heterocycles. The van der Waals surface area contributed by atoms with Gasteiger partial charge in [-0.15, -0.1) is 0 Å². The normalized spacial score (nSPS) is 11.9. The van der Waals surface area contributed by atoms with Crippen LogP contribution in [0.4, 0.5) is 5.69 Å². The van der Waals surface area contributed by atoms with E-state index in [-0.39, 0.29) is 10.4 Å². The summed E-state index contributed by atoms with van der Waals surface area (Å²) in [5.41, 5.74) is 6.62. The number of aromatic nitrogens is 2. The van der Waals surface area contributed by atoms with Crippen LogP contribution in [-0.2, 0) is 10.0 Å². The van der Waals surface area contributed by atoms with Gasteiger partial charge in [0.15, 0.2) is 0 Å². The van der Waals surface area contributed by atoms with Gasteiger partial charge >= 0.3 is 5.69 Å². The molecule has 114 valence electrons. The first-order valence-electron chi connectivity index (χ1n) is 6.33. The van der Waals surface area contributed by atoms with Gasteiger partial charge in [-0.3, -0.25) is 0 Å². The van der Waals surface area contributed by atoms with Crippen molar-refractivity contribution in [1.29, 1.82) is 0 Å². The van der Waals surface area contributed by atoms with Crippen LogP contribution in [-0.4, -0.2) is 17.4 Å². The van der Waals surface area contributed by atoms with Gasteiger partial charge in [0.05, 0.1) is 15.9 Å². The highest BCUT2D eigenvalue weighted by Crippen LogP contribution is 2.24. The first kappa shape index (κ1) is 14.7. The highest BCUT2D eigenvalue weighted by atomic mass is 35.5. The minimum Gasteiger partial charge on any atom is -0.399 e. The van der Waals surface area contributed by atoms with Crippen molar-refractivity contribution in [1.82, 2.24) is 8.96 Å². The maximum atomic E-state index is 12.7. The van der Waals surface area contributed by atoms with Gasteiger partial charge in [-0.25, -0.2) is 13.2 Å². The molecule has 0 unspecified atom stereocenters. The fraction of sp³-hybridized carbons (Fsp3) is 0.0714. The number of fused-ring (bicyclic) bond motifs is 1. The lowest BCUT2D eigenvalue weighted by molar-refractivity contribution is 0.587. The SMILES string of the molecule is Cc1ccc(S(=O)(=O)n2c(=O)[nH]c3ccc(N)cc32)cc1Cl. The number of H-pyrrole nitrogens is 1. The van der Waals surface area contributed by atoms with Gasteiger partial charge in [-0.2, -0.15) is 3.97 Å². The Morgan fingerprint density at radius 1 is 1.18 bits per heavy atom. The molecule has 0 amide bonds. The molecule has 0 aliphatic rings. The van der Waals surface area contributed by atoms with Gasteiger partial charge in [0.2, 0.25) is 0 Å². The number of rotatable bonds is 2. The van der Waals surface area contributed by atoms with Crippen LogP contribution in [0.15, 0.2) is 46.1 Å². The van der Waals surface area contributed by atoms with Gasteiger partial charge in [-0.1, -0.05) is 17.7 Å². The summed E-state index contributed by atoms with van der Waals surface area (Å²) in [4.78, 5) is 14.5. The molecule has 3 aromatic rings. The van der Waals surface area contributed by atoms with Crippen LogP contribution in [0.2, 0.25) is 5.02 Å². The molecule has 0 aliphatic carbocycles. The van der Waals surface area contributed by atoms with E-state index in [9.17, 15) is 13.2 Å². The van der Waals surface area contributed by atoms with Crippen molar-refractivity contribution in [3.05, 3.63) is 57.5 Å². The Morgan fingerprint density at radius 2 is 1.91 bits per heavy atom. The van der Waals surface area contributed by atoms with Crippen LogP contribution in [0.3, 0.4) is 0 Å². The number of halogens is 1. The first-order chi connectivity index (χ1) is 10.3. The van der Waals surface area contributed by atoms with Gasteiger partial charge in [0, 0.05) is 10.7 Å². The summed E-state index contributed by atoms with van der Waals surface area (Å²) in [6, 6.07) is 8.89. The van der Waals surface area contributed by atoms with E-state index in [0.717, 1.165) is 5.56 Å². The van der Waals surface area contributed by atoms with Gasteiger partial charge < -0.3 is 10.7 Å². The summed E-state index contributed by atoms with van der Waals surface area (Å²) in [5, 5.41) is 0.313. The van der Waals surface area contributed by atoms with Crippen LogP contribution in [0.25, 0.3) is 11.0 Å². The Balaban J connectivity index is 2.34. The molecule has 22 heavy (non-hydrogen) atoms. The Hall–Kier alpha value is -2.25. The number of hydrogen-bond acceptors (Lipinski definition) is 4. The molecule has 0 radical (unpaired) electrons. The first-order valence-corrected chi connectivity index (χ1v) is 8.14. The zero-order chi connectivity index (χ0) is 16.1. The fourth-order valence-corrected chi connectivity index (χ4v) is 3.81. The second-order valence-electron chi connectivity index (χ2n) is 4.89. The number of hydrogen-bond donors (Lipinski definition) is 2. The van der Waals surface area contributed by atoms with E-state index in [2.05, 4.69) is 4.98 Å². The number of nitrogen functional groups attached to an aromatic ring is 1. The molecule has 0 atom stereocenters. The van der Waals surface area contributed by atoms with Crippen molar-refractivity contribution in [2.75, 3.05) is 5.73 Å². The average Bonchev–Trinajstić information content (AvgIpc) is 2.77. The van der Waals surface area contributed by atoms with E-state index in [1.807, 2.05) is 0 Å². The molecule has 0 bridgehead atoms. The van der Waals surface area contributed by atoms with Crippen LogP contribution >= 0.6 is 11.6 Å². The molecular formula is C14H12ClN3O3S. The minimum absolute atomic E-state index is 0.0616. The van der Waals surface area contributed by atoms with Gasteiger partial charge in [0.1, 0.15) is 0 Å². The highest BCUT2D eigenvalue weighted by Gasteiger charge is 2.23. The molecule has 0 spiro atoms. The van der Waals surface area contributed by atoms with Gasteiger partial charge in [0.25, 0.3) is 10.0 Å². The molecule has 0 saturated carbocycles. The summed E-state index contributed by atoms with van der Waals surface area (Å²) in [7, 11) is -4.08. The Bertz CT molecular complexity index is 1050. The predicted molar refractivity (Wildman–Crippen MR) is 85.7 cm³/mol. The van der Waals surface area contributed by atoms with Crippen LogP contribution in [0.5, 0.6) is 0 Å². The van der Waals surface area contributed by atoms with E-state index in [4.69, 9.17) is 17.3 Å². The molecular weight excluding hydrogens is 326 g/mol. The summed E-state index contributed by atoms with van der Waals surface area (Å²) in [5.74, 6) is 0. The minimum atomic E-state index is -4.08. The van der Waals surface area contributed by atoms with Crippen molar-refractivity contribution in [3.8, 4) is 0 Å². The number of anilines is 1. The highest BCUT2D eigenvalue weighted by molar-refractivity contribution is 7.90. The topological polar surface area (TPSA) is 98.0 Å². The molecule has 6 nitrogen and oxygen atoms in total. The fourth-order valence-electron chi connectivity index (χ4n) is 2.18. The monoisotopic (exact) mass is 337 g/mol. The molecule has 2 aromatic carbocycles. The van der Waals surface area contributed by atoms with Crippen molar-refractivity contribution in [2.24, 2.45) is 0 Å². The largest absolute Gasteiger partial charge is 0.399 e. The van der Waals surface area contributed by atoms with Crippen LogP contribution in [0, 0.1) is 6.92 Å². The third-order valence-corrected chi connectivity index (χ3v) is 5.45. The zero-order valence-electron chi connectivity index (χ0n) is 11.5. The Morgan fingerprint density at radius 3 is 2.59 bits per heavy atom. The van der Waals surface area contributed by atoms with Crippen molar-refractivity contribution >= 4 is 38.3 Å². The quantitative estimate of drug-likeness (QED) is 0.700. The number of nitrogens with one attached hydrogen (secondary N) is 1. The number of aryl methyl sites for hydroxylation is 1. The molecule has 0 aliphatic heterocycles. The molecule has 3 N–H and O–H groups in total. The Labute approximate surface area is 131 Å². The van der Waals surface area contributed by atoms with Crippen molar-refractivity contribution in [3.63, 3.8) is 0 Å². The van der Waals surface area contributed by atoms with Crippen molar-refractivity contribution in [2.45, 2.75) is 11.8 Å². The van der Waals surface area contributed by atoms with E-state index < -0.39 is 15.7 Å². The summed E-state index contributed by atoms with van der Waals surface area (Å²) in [6.45, 7) is 1.76. The number of nitrogens with two attached hydrogens (primary N) is 1. The van der Waals surface area contributed by atoms with Crippen LogP contribution < -0.4 is 11.4 Å². The number of imidazole rings is 1. The third kappa shape index (κ3) is 2.18. The summed E-state index contributed by atoms with van der Waals surface area (Å²) < 4.78 is 26.2. The smallest absolute Gasteiger partial charge is 0.340 e. The lowest BCUT2D eigenvalue weighted by Crippen LogP contribution is -2.25. The number of aromatic amines is 1. The summed E-state index contributed by atoms with van der Waals surface area (Å²) in [6.07, 6.45) is 0. The van der Waals surface area contributed by atoms with E-state index in [1.165, 1.54) is 18.2 Å². The standard InChI is InChI=1S/C14H12ClN3O3S/c1-8-2-4-10(7-11(8)15)22(20,21)18-13-6-9(16)3-5-12(13)17-14(18)19/h2-7H,16H2,1H3,(H,17,19). The number of nitrogens with zero attached hydrogens (tertiary/aromatic N) is 1. The average molecular weight is 338 g/mol. The lowest BCUT2D eigenvalue weighted by atomic mass is 10.2. The molecule has 3 rings (SSSR count). The zero-order valence-corrected chi connectivity index (χ0v) is 13.1.